The standard InChI is InChI=1S/C16H17F2N3O2/c1-9(13-5-3-11(17)7-14(13)18)10(2)20-16-6-4-12(21(22)23)8-15(16)19/h3-10,20H,19H2,1-2H3. The lowest BCUT2D eigenvalue weighted by Gasteiger charge is -2.24. The smallest absolute Gasteiger partial charge is 0.271 e. The number of halogens is 2. The van der Waals surface area contributed by atoms with Crippen molar-refractivity contribution in [2.45, 2.75) is 25.8 Å². The molecule has 0 spiro atoms. The van der Waals surface area contributed by atoms with Crippen molar-refractivity contribution in [2.75, 3.05) is 11.1 Å². The van der Waals surface area contributed by atoms with Gasteiger partial charge in [0.2, 0.25) is 0 Å². The number of nitrogen functional groups attached to an aromatic ring is 1. The molecule has 23 heavy (non-hydrogen) atoms. The van der Waals surface area contributed by atoms with E-state index in [0.29, 0.717) is 11.3 Å². The third kappa shape index (κ3) is 3.74. The predicted octanol–water partition coefficient (Wildman–Crippen LogP) is 4.06. The Bertz CT molecular complexity index is 737. The van der Waals surface area contributed by atoms with Gasteiger partial charge < -0.3 is 11.1 Å². The minimum atomic E-state index is -0.626. The number of benzene rings is 2. The molecule has 3 N–H and O–H groups in total. The molecule has 2 unspecified atom stereocenters. The summed E-state index contributed by atoms with van der Waals surface area (Å²) in [6.45, 7) is 3.63. The van der Waals surface area contributed by atoms with E-state index in [1.807, 2.05) is 6.92 Å². The second-order valence-electron chi connectivity index (χ2n) is 5.42. The van der Waals surface area contributed by atoms with Gasteiger partial charge in [-0.25, -0.2) is 8.78 Å². The van der Waals surface area contributed by atoms with Gasteiger partial charge in [-0.3, -0.25) is 10.1 Å². The Morgan fingerprint density at radius 3 is 2.43 bits per heavy atom. The lowest BCUT2D eigenvalue weighted by Crippen LogP contribution is -2.23. The number of nitrogens with zero attached hydrogens (tertiary/aromatic N) is 1. The fourth-order valence-corrected chi connectivity index (χ4v) is 2.31. The summed E-state index contributed by atoms with van der Waals surface area (Å²) in [6.07, 6.45) is 0. The molecule has 2 atom stereocenters. The summed E-state index contributed by atoms with van der Waals surface area (Å²) >= 11 is 0. The third-order valence-corrected chi connectivity index (χ3v) is 3.83. The fourth-order valence-electron chi connectivity index (χ4n) is 2.31. The molecule has 0 aromatic heterocycles. The molecular formula is C16H17F2N3O2. The summed E-state index contributed by atoms with van der Waals surface area (Å²) in [4.78, 5) is 10.2. The van der Waals surface area contributed by atoms with Crippen molar-refractivity contribution >= 4 is 17.1 Å². The molecule has 0 aliphatic carbocycles. The Balaban J connectivity index is 2.18. The zero-order valence-corrected chi connectivity index (χ0v) is 12.7. The Labute approximate surface area is 132 Å². The third-order valence-electron chi connectivity index (χ3n) is 3.83. The first-order valence-electron chi connectivity index (χ1n) is 7.05. The van der Waals surface area contributed by atoms with E-state index in [-0.39, 0.29) is 23.3 Å². The molecule has 0 saturated heterocycles. The maximum absolute atomic E-state index is 13.9. The van der Waals surface area contributed by atoms with Gasteiger partial charge in [-0.1, -0.05) is 13.0 Å². The number of nitro groups is 1. The van der Waals surface area contributed by atoms with E-state index in [1.54, 1.807) is 6.92 Å². The molecule has 2 rings (SSSR count). The largest absolute Gasteiger partial charge is 0.397 e. The van der Waals surface area contributed by atoms with Crippen LogP contribution in [-0.4, -0.2) is 11.0 Å². The summed E-state index contributed by atoms with van der Waals surface area (Å²) in [7, 11) is 0. The number of anilines is 2. The Morgan fingerprint density at radius 2 is 1.87 bits per heavy atom. The monoisotopic (exact) mass is 321 g/mol. The molecule has 0 aliphatic rings. The van der Waals surface area contributed by atoms with Crippen LogP contribution in [0.3, 0.4) is 0 Å². The van der Waals surface area contributed by atoms with Gasteiger partial charge in [-0.15, -0.1) is 0 Å². The molecule has 0 fully saturated rings. The van der Waals surface area contributed by atoms with Crippen molar-refractivity contribution in [1.82, 2.24) is 0 Å². The lowest BCUT2D eigenvalue weighted by atomic mass is 9.93. The number of hydrogen-bond donors (Lipinski definition) is 2. The Hall–Kier alpha value is -2.70. The van der Waals surface area contributed by atoms with E-state index >= 15 is 0 Å². The van der Waals surface area contributed by atoms with Crippen molar-refractivity contribution in [3.05, 3.63) is 63.7 Å². The minimum absolute atomic E-state index is 0.0988. The minimum Gasteiger partial charge on any atom is -0.397 e. The van der Waals surface area contributed by atoms with E-state index in [2.05, 4.69) is 5.32 Å². The normalized spacial score (nSPS) is 13.4. The summed E-state index contributed by atoms with van der Waals surface area (Å²) in [5.74, 6) is -1.49. The number of nitrogens with one attached hydrogen (secondary N) is 1. The molecule has 5 nitrogen and oxygen atoms in total. The zero-order valence-electron chi connectivity index (χ0n) is 12.7. The first-order valence-corrected chi connectivity index (χ1v) is 7.05. The molecule has 0 aliphatic heterocycles. The topological polar surface area (TPSA) is 81.2 Å². The highest BCUT2D eigenvalue weighted by Gasteiger charge is 2.19. The molecular weight excluding hydrogens is 304 g/mol. The average Bonchev–Trinajstić information content (AvgIpc) is 2.48. The predicted molar refractivity (Wildman–Crippen MR) is 85.4 cm³/mol. The number of nitro benzene ring substituents is 1. The first kappa shape index (κ1) is 16.7. The highest BCUT2D eigenvalue weighted by atomic mass is 19.1. The van der Waals surface area contributed by atoms with Gasteiger partial charge in [-0.05, 0) is 24.6 Å². The SMILES string of the molecule is CC(Nc1ccc([N+](=O)[O-])cc1N)C(C)c1ccc(F)cc1F. The van der Waals surface area contributed by atoms with Crippen LogP contribution in [-0.2, 0) is 0 Å². The zero-order chi connectivity index (χ0) is 17.1. The molecule has 7 heteroatoms. The van der Waals surface area contributed by atoms with Gasteiger partial charge in [0, 0.05) is 30.2 Å². The van der Waals surface area contributed by atoms with Crippen LogP contribution in [0.4, 0.5) is 25.8 Å². The van der Waals surface area contributed by atoms with Crippen LogP contribution in [0.1, 0.15) is 25.3 Å². The summed E-state index contributed by atoms with van der Waals surface area (Å²) < 4.78 is 26.8. The van der Waals surface area contributed by atoms with Crippen LogP contribution in [0.15, 0.2) is 36.4 Å². The fraction of sp³-hybridized carbons (Fsp3) is 0.250. The second-order valence-corrected chi connectivity index (χ2v) is 5.42. The second kappa shape index (κ2) is 6.60. The maximum atomic E-state index is 13.9. The summed E-state index contributed by atoms with van der Waals surface area (Å²) in [6, 6.07) is 7.36. The number of nitrogens with two attached hydrogens (primary N) is 1. The number of hydrogen-bond acceptors (Lipinski definition) is 4. The van der Waals surface area contributed by atoms with Gasteiger partial charge in [0.1, 0.15) is 11.6 Å². The maximum Gasteiger partial charge on any atom is 0.271 e. The molecule has 0 radical (unpaired) electrons. The number of rotatable bonds is 5. The van der Waals surface area contributed by atoms with Gasteiger partial charge in [0.05, 0.1) is 16.3 Å². The van der Waals surface area contributed by atoms with E-state index in [4.69, 9.17) is 5.73 Å². The van der Waals surface area contributed by atoms with Crippen LogP contribution in [0.25, 0.3) is 0 Å². The summed E-state index contributed by atoms with van der Waals surface area (Å²) in [5.41, 5.74) is 6.85. The highest BCUT2D eigenvalue weighted by Crippen LogP contribution is 2.29. The van der Waals surface area contributed by atoms with Crippen molar-refractivity contribution in [3.63, 3.8) is 0 Å². The van der Waals surface area contributed by atoms with E-state index < -0.39 is 16.6 Å². The van der Waals surface area contributed by atoms with Crippen molar-refractivity contribution in [1.29, 1.82) is 0 Å². The molecule has 0 saturated carbocycles. The van der Waals surface area contributed by atoms with Crippen molar-refractivity contribution in [3.8, 4) is 0 Å². The van der Waals surface area contributed by atoms with Crippen LogP contribution < -0.4 is 11.1 Å². The molecule has 2 aromatic carbocycles. The van der Waals surface area contributed by atoms with Gasteiger partial charge >= 0.3 is 0 Å². The van der Waals surface area contributed by atoms with Crippen LogP contribution in [0.5, 0.6) is 0 Å². The van der Waals surface area contributed by atoms with Crippen molar-refractivity contribution in [2.24, 2.45) is 0 Å². The molecule has 0 heterocycles. The molecule has 122 valence electrons. The Morgan fingerprint density at radius 1 is 1.17 bits per heavy atom. The van der Waals surface area contributed by atoms with Gasteiger partial charge in [0.25, 0.3) is 5.69 Å². The highest BCUT2D eigenvalue weighted by molar-refractivity contribution is 5.69. The first-order chi connectivity index (χ1) is 10.8. The lowest BCUT2D eigenvalue weighted by molar-refractivity contribution is -0.384. The quantitative estimate of drug-likeness (QED) is 0.494. The van der Waals surface area contributed by atoms with E-state index in [1.165, 1.54) is 30.3 Å². The van der Waals surface area contributed by atoms with Gasteiger partial charge in [-0.2, -0.15) is 0 Å². The number of non-ortho nitro benzene ring substituents is 1. The molecule has 0 amide bonds. The van der Waals surface area contributed by atoms with Crippen LogP contribution in [0.2, 0.25) is 0 Å². The Kier molecular flexibility index (Phi) is 4.78. The van der Waals surface area contributed by atoms with Crippen LogP contribution in [0, 0.1) is 21.7 Å². The van der Waals surface area contributed by atoms with Gasteiger partial charge in [0.15, 0.2) is 0 Å². The van der Waals surface area contributed by atoms with E-state index in [9.17, 15) is 18.9 Å². The van der Waals surface area contributed by atoms with E-state index in [0.717, 1.165) is 6.07 Å². The molecule has 0 bridgehead atoms. The summed E-state index contributed by atoms with van der Waals surface area (Å²) in [5, 5.41) is 13.8. The average molecular weight is 321 g/mol. The van der Waals surface area contributed by atoms with Crippen LogP contribution >= 0.6 is 0 Å². The molecule has 2 aromatic rings. The van der Waals surface area contributed by atoms with Crippen molar-refractivity contribution < 1.29 is 13.7 Å².